The van der Waals surface area contributed by atoms with Crippen LogP contribution in [0.5, 0.6) is 11.6 Å². The predicted octanol–water partition coefficient (Wildman–Crippen LogP) is 7.37. The van der Waals surface area contributed by atoms with Crippen molar-refractivity contribution in [2.45, 2.75) is 13.1 Å². The maximum Gasteiger partial charge on any atom is 0.417 e. The zero-order chi connectivity index (χ0) is 27.7. The number of anilines is 2. The Balaban J connectivity index is 1.30. The van der Waals surface area contributed by atoms with Crippen molar-refractivity contribution in [2.24, 2.45) is 0 Å². The molecule has 2 heterocycles. The number of ether oxygens (including phenoxy) is 1. The van der Waals surface area contributed by atoms with Gasteiger partial charge in [-0.2, -0.15) is 18.3 Å². The molecule has 0 atom stereocenters. The second-order valence-corrected chi connectivity index (χ2v) is 8.66. The maximum absolute atomic E-state index is 13.3. The van der Waals surface area contributed by atoms with E-state index in [4.69, 9.17) is 16.3 Å². The summed E-state index contributed by atoms with van der Waals surface area (Å²) in [6.45, 7) is 1.77. The molecule has 39 heavy (non-hydrogen) atoms. The van der Waals surface area contributed by atoms with E-state index < -0.39 is 22.8 Å². The highest BCUT2D eigenvalue weighted by molar-refractivity contribution is 6.31. The molecule has 2 N–H and O–H groups in total. The molecule has 0 unspecified atom stereocenters. The number of hydrogen-bond acceptors (Lipinski definition) is 5. The molecule has 0 radical (unpaired) electrons. The van der Waals surface area contributed by atoms with Crippen molar-refractivity contribution in [3.63, 3.8) is 0 Å². The molecule has 8 nitrogen and oxygen atoms in total. The largest absolute Gasteiger partial charge is 0.438 e. The van der Waals surface area contributed by atoms with Crippen LogP contribution in [0.25, 0.3) is 16.7 Å². The number of carbonyl (C=O) groups excluding carboxylic acids is 1. The number of alkyl halides is 3. The molecule has 5 rings (SSSR count). The molecule has 0 saturated heterocycles. The number of carbonyl (C=O) groups is 1. The Kier molecular flexibility index (Phi) is 6.79. The average Bonchev–Trinajstić information content (AvgIpc) is 3.23. The molecule has 0 fully saturated rings. The Morgan fingerprint density at radius 2 is 1.62 bits per heavy atom. The molecule has 2 aromatic heterocycles. The lowest BCUT2D eigenvalue weighted by Crippen LogP contribution is -2.19. The Morgan fingerprint density at radius 1 is 0.949 bits per heavy atom. The van der Waals surface area contributed by atoms with Gasteiger partial charge in [0.15, 0.2) is 5.65 Å². The number of fused-ring (bicyclic) bond motifs is 1. The van der Waals surface area contributed by atoms with E-state index in [-0.39, 0.29) is 17.4 Å². The van der Waals surface area contributed by atoms with E-state index in [9.17, 15) is 22.4 Å². The fourth-order valence-electron chi connectivity index (χ4n) is 3.76. The third kappa shape index (κ3) is 5.60. The van der Waals surface area contributed by atoms with Gasteiger partial charge < -0.3 is 15.4 Å². The van der Waals surface area contributed by atoms with Gasteiger partial charge in [0.1, 0.15) is 23.3 Å². The van der Waals surface area contributed by atoms with Crippen LogP contribution in [0.3, 0.4) is 0 Å². The van der Waals surface area contributed by atoms with E-state index in [1.165, 1.54) is 24.5 Å². The zero-order valence-electron chi connectivity index (χ0n) is 19.9. The van der Waals surface area contributed by atoms with Crippen LogP contribution in [-0.2, 0) is 6.18 Å². The van der Waals surface area contributed by atoms with Gasteiger partial charge in [-0.15, -0.1) is 0 Å². The van der Waals surface area contributed by atoms with E-state index in [0.717, 1.165) is 12.1 Å². The van der Waals surface area contributed by atoms with E-state index in [2.05, 4.69) is 25.7 Å². The molecule has 198 valence electrons. The normalized spacial score (nSPS) is 11.4. The van der Waals surface area contributed by atoms with Gasteiger partial charge in [-0.25, -0.2) is 23.8 Å². The number of hydrogen-bond donors (Lipinski definition) is 2. The van der Waals surface area contributed by atoms with Gasteiger partial charge >= 0.3 is 12.2 Å². The third-order valence-electron chi connectivity index (χ3n) is 5.53. The molecule has 3 aromatic carbocycles. The average molecular weight is 557 g/mol. The number of rotatable bonds is 5. The van der Waals surface area contributed by atoms with Crippen molar-refractivity contribution in [1.29, 1.82) is 0 Å². The lowest BCUT2D eigenvalue weighted by Gasteiger charge is -2.12. The first-order valence-corrected chi connectivity index (χ1v) is 11.7. The SMILES string of the molecule is Cc1nn(-c2ccc(F)cc2)c2ncnc(Oc3ccc(NC(=O)Nc4ccc(Cl)c(C(F)(F)F)c4)cc3)c12. The predicted molar refractivity (Wildman–Crippen MR) is 137 cm³/mol. The Morgan fingerprint density at radius 3 is 2.31 bits per heavy atom. The maximum atomic E-state index is 13.3. The number of benzene rings is 3. The summed E-state index contributed by atoms with van der Waals surface area (Å²) in [7, 11) is 0. The van der Waals surface area contributed by atoms with Gasteiger partial charge in [0.05, 0.1) is 22.0 Å². The van der Waals surface area contributed by atoms with E-state index in [0.29, 0.717) is 33.9 Å². The van der Waals surface area contributed by atoms with Crippen molar-refractivity contribution in [2.75, 3.05) is 10.6 Å². The molecular weight excluding hydrogens is 540 g/mol. The number of urea groups is 1. The molecule has 0 aliphatic carbocycles. The van der Waals surface area contributed by atoms with Crippen LogP contribution in [0.15, 0.2) is 73.1 Å². The van der Waals surface area contributed by atoms with Crippen LogP contribution in [0.4, 0.5) is 33.7 Å². The summed E-state index contributed by atoms with van der Waals surface area (Å²) >= 11 is 5.61. The minimum Gasteiger partial charge on any atom is -0.438 e. The first-order valence-electron chi connectivity index (χ1n) is 11.3. The standard InChI is InChI=1S/C26H17ClF4N6O2/c1-14-22-23(37(36-14)18-7-2-15(28)3-8-18)32-13-33-24(22)39-19-9-4-16(5-10-19)34-25(38)35-17-6-11-21(27)20(12-17)26(29,30)31/h2-13H,1H3,(H2,34,35,38). The van der Waals surface area contributed by atoms with Gasteiger partial charge in [0.25, 0.3) is 0 Å². The molecule has 0 saturated carbocycles. The second-order valence-electron chi connectivity index (χ2n) is 8.25. The number of nitrogens with one attached hydrogen (secondary N) is 2. The summed E-state index contributed by atoms with van der Waals surface area (Å²) in [6, 6.07) is 14.4. The highest BCUT2D eigenvalue weighted by atomic mass is 35.5. The summed E-state index contributed by atoms with van der Waals surface area (Å²) in [4.78, 5) is 20.8. The third-order valence-corrected chi connectivity index (χ3v) is 5.86. The summed E-state index contributed by atoms with van der Waals surface area (Å²) < 4.78 is 60.0. The molecular formula is C26H17ClF4N6O2. The minimum atomic E-state index is -4.66. The van der Waals surface area contributed by atoms with Crippen LogP contribution in [-0.4, -0.2) is 25.8 Å². The Hall–Kier alpha value is -4.71. The fraction of sp³-hybridized carbons (Fsp3) is 0.0769. The Bertz CT molecular complexity index is 1670. The van der Waals surface area contributed by atoms with Crippen LogP contribution in [0, 0.1) is 12.7 Å². The van der Waals surface area contributed by atoms with Gasteiger partial charge in [0.2, 0.25) is 5.88 Å². The van der Waals surface area contributed by atoms with Gasteiger partial charge in [-0.3, -0.25) is 0 Å². The number of aryl methyl sites for hydroxylation is 1. The van der Waals surface area contributed by atoms with E-state index in [1.807, 2.05) is 0 Å². The van der Waals surface area contributed by atoms with Crippen molar-refractivity contribution >= 4 is 40.0 Å². The fourth-order valence-corrected chi connectivity index (χ4v) is 3.98. The van der Waals surface area contributed by atoms with Gasteiger partial charge in [-0.1, -0.05) is 11.6 Å². The van der Waals surface area contributed by atoms with E-state index >= 15 is 0 Å². The van der Waals surface area contributed by atoms with Crippen LogP contribution in [0.1, 0.15) is 11.3 Å². The van der Waals surface area contributed by atoms with Crippen LogP contribution >= 0.6 is 11.6 Å². The summed E-state index contributed by atoms with van der Waals surface area (Å²) in [5, 5.41) is 9.45. The van der Waals surface area contributed by atoms with Gasteiger partial charge in [0, 0.05) is 11.4 Å². The van der Waals surface area contributed by atoms with Crippen molar-refractivity contribution in [1.82, 2.24) is 19.7 Å². The minimum absolute atomic E-state index is 0.0755. The molecule has 0 aliphatic rings. The van der Waals surface area contributed by atoms with Crippen LogP contribution < -0.4 is 15.4 Å². The number of aromatic nitrogens is 4. The molecule has 0 bridgehead atoms. The number of amides is 2. The summed E-state index contributed by atoms with van der Waals surface area (Å²) in [5.74, 6) is 0.261. The van der Waals surface area contributed by atoms with Gasteiger partial charge in [-0.05, 0) is 73.7 Å². The molecule has 2 amide bonds. The molecule has 13 heteroatoms. The van der Waals surface area contributed by atoms with Crippen LogP contribution in [0.2, 0.25) is 5.02 Å². The topological polar surface area (TPSA) is 94.0 Å². The Labute approximate surface area is 223 Å². The second kappa shape index (κ2) is 10.2. The van der Waals surface area contributed by atoms with Crippen molar-refractivity contribution in [3.05, 3.63) is 95.2 Å². The highest BCUT2D eigenvalue weighted by Gasteiger charge is 2.33. The van der Waals surface area contributed by atoms with E-state index in [1.54, 1.807) is 48.0 Å². The first kappa shape index (κ1) is 25.9. The highest BCUT2D eigenvalue weighted by Crippen LogP contribution is 2.36. The monoisotopic (exact) mass is 556 g/mol. The molecule has 0 aliphatic heterocycles. The molecule has 0 spiro atoms. The zero-order valence-corrected chi connectivity index (χ0v) is 20.7. The smallest absolute Gasteiger partial charge is 0.417 e. The lowest BCUT2D eigenvalue weighted by molar-refractivity contribution is -0.137. The lowest BCUT2D eigenvalue weighted by atomic mass is 10.2. The molecule has 5 aromatic rings. The quantitative estimate of drug-likeness (QED) is 0.220. The number of halogens is 5. The van der Waals surface area contributed by atoms with Crippen molar-refractivity contribution in [3.8, 4) is 17.3 Å². The number of nitrogens with zero attached hydrogens (tertiary/aromatic N) is 4. The summed E-state index contributed by atoms with van der Waals surface area (Å²) in [5.41, 5.74) is 0.902. The van der Waals surface area contributed by atoms with Crippen molar-refractivity contribution < 1.29 is 27.1 Å². The summed E-state index contributed by atoms with van der Waals surface area (Å²) in [6.07, 6.45) is -3.34. The first-order chi connectivity index (χ1) is 18.6.